The molecule has 1 unspecified atom stereocenters. The molecule has 1 amide bonds. The van der Waals surface area contributed by atoms with Gasteiger partial charge in [0.1, 0.15) is 5.75 Å². The molecule has 1 aromatic rings. The number of methoxy groups -OCH3 is 1. The van der Waals surface area contributed by atoms with E-state index in [0.717, 1.165) is 24.2 Å². The van der Waals surface area contributed by atoms with Crippen molar-refractivity contribution < 1.29 is 19.1 Å². The molecule has 0 saturated carbocycles. The molecule has 0 radical (unpaired) electrons. The first kappa shape index (κ1) is 21.7. The molecule has 1 aromatic carbocycles. The van der Waals surface area contributed by atoms with Crippen LogP contribution in [0.5, 0.6) is 5.75 Å². The number of ether oxygens (including phenoxy) is 2. The van der Waals surface area contributed by atoms with Crippen LogP contribution in [0.4, 0.5) is 0 Å². The topological polar surface area (TPSA) is 55.8 Å². The van der Waals surface area contributed by atoms with Gasteiger partial charge in [-0.1, -0.05) is 32.4 Å². The fourth-order valence-corrected chi connectivity index (χ4v) is 2.48. The van der Waals surface area contributed by atoms with Crippen LogP contribution in [0.1, 0.15) is 46.1 Å². The third-order valence-electron chi connectivity index (χ3n) is 3.84. The number of carbonyl (C=O) groups excluding carboxylic acids is 2. The van der Waals surface area contributed by atoms with Gasteiger partial charge < -0.3 is 14.4 Å². The largest absolute Gasteiger partial charge is 0.491 e. The Labute approximate surface area is 157 Å². The highest BCUT2D eigenvalue weighted by Gasteiger charge is 2.19. The third kappa shape index (κ3) is 7.72. The smallest absolute Gasteiger partial charge is 0.310 e. The number of esters is 1. The second kappa shape index (κ2) is 11.3. The minimum atomic E-state index is -0.350. The van der Waals surface area contributed by atoms with Crippen molar-refractivity contribution in [3.63, 3.8) is 0 Å². The van der Waals surface area contributed by atoms with E-state index in [1.807, 2.05) is 38.1 Å². The summed E-state index contributed by atoms with van der Waals surface area (Å²) in [5, 5.41) is 0. The normalized spacial score (nSPS) is 12.2. The summed E-state index contributed by atoms with van der Waals surface area (Å²) < 4.78 is 10.4. The summed E-state index contributed by atoms with van der Waals surface area (Å²) in [7, 11) is 1.36. The number of benzene rings is 1. The van der Waals surface area contributed by atoms with Crippen LogP contribution in [-0.2, 0) is 14.3 Å². The zero-order valence-electron chi connectivity index (χ0n) is 16.5. The van der Waals surface area contributed by atoms with Crippen LogP contribution in [-0.4, -0.2) is 43.1 Å². The lowest BCUT2D eigenvalue weighted by Crippen LogP contribution is -2.37. The van der Waals surface area contributed by atoms with Crippen LogP contribution < -0.4 is 4.74 Å². The molecular formula is C21H31NO4. The van der Waals surface area contributed by atoms with E-state index in [1.54, 1.807) is 24.0 Å². The molecule has 0 N–H and O–H groups in total. The van der Waals surface area contributed by atoms with Crippen molar-refractivity contribution in [3.05, 3.63) is 35.9 Å². The molecule has 0 spiro atoms. The summed E-state index contributed by atoms with van der Waals surface area (Å²) in [4.78, 5) is 25.9. The number of amides is 1. The van der Waals surface area contributed by atoms with Gasteiger partial charge in [-0.05, 0) is 44.0 Å². The Balaban J connectivity index is 2.81. The van der Waals surface area contributed by atoms with E-state index in [0.29, 0.717) is 13.1 Å². The third-order valence-corrected chi connectivity index (χ3v) is 3.84. The van der Waals surface area contributed by atoms with Crippen molar-refractivity contribution in [2.75, 3.05) is 20.2 Å². The van der Waals surface area contributed by atoms with Crippen LogP contribution in [0, 0.1) is 5.92 Å². The van der Waals surface area contributed by atoms with Gasteiger partial charge in [-0.15, -0.1) is 0 Å². The Morgan fingerprint density at radius 3 is 2.58 bits per heavy atom. The predicted molar refractivity (Wildman–Crippen MR) is 104 cm³/mol. The molecule has 0 aromatic heterocycles. The minimum absolute atomic E-state index is 0.0974. The predicted octanol–water partition coefficient (Wildman–Crippen LogP) is 3.92. The van der Waals surface area contributed by atoms with Gasteiger partial charge in [-0.2, -0.15) is 0 Å². The fraction of sp³-hybridized carbons (Fsp3) is 0.524. The van der Waals surface area contributed by atoms with Crippen molar-refractivity contribution in [1.82, 2.24) is 4.90 Å². The van der Waals surface area contributed by atoms with Crippen LogP contribution in [0.25, 0.3) is 6.08 Å². The van der Waals surface area contributed by atoms with E-state index < -0.39 is 0 Å². The van der Waals surface area contributed by atoms with Crippen molar-refractivity contribution in [1.29, 1.82) is 0 Å². The molecule has 0 aliphatic rings. The molecular weight excluding hydrogens is 330 g/mol. The molecule has 0 aliphatic carbocycles. The summed E-state index contributed by atoms with van der Waals surface area (Å²) in [6, 6.07) is 7.61. The Morgan fingerprint density at radius 1 is 1.23 bits per heavy atom. The maximum absolute atomic E-state index is 12.6. The van der Waals surface area contributed by atoms with Gasteiger partial charge in [-0.3, -0.25) is 9.59 Å². The number of hydrogen-bond acceptors (Lipinski definition) is 4. The highest BCUT2D eigenvalue weighted by atomic mass is 16.5. The lowest BCUT2D eigenvalue weighted by molar-refractivity contribution is -0.146. The number of unbranched alkanes of at least 4 members (excludes halogenated alkanes) is 1. The molecule has 5 heteroatoms. The first-order valence-electron chi connectivity index (χ1n) is 9.18. The quantitative estimate of drug-likeness (QED) is 0.468. The number of carbonyl (C=O) groups is 2. The van der Waals surface area contributed by atoms with Crippen LogP contribution >= 0.6 is 0 Å². The second-order valence-electron chi connectivity index (χ2n) is 6.63. The van der Waals surface area contributed by atoms with E-state index in [9.17, 15) is 9.59 Å². The average molecular weight is 361 g/mol. The van der Waals surface area contributed by atoms with Crippen molar-refractivity contribution in [2.45, 2.75) is 46.6 Å². The molecule has 26 heavy (non-hydrogen) atoms. The molecule has 0 saturated heterocycles. The lowest BCUT2D eigenvalue weighted by atomic mass is 10.1. The van der Waals surface area contributed by atoms with Gasteiger partial charge in [0, 0.05) is 19.2 Å². The van der Waals surface area contributed by atoms with Crippen molar-refractivity contribution in [3.8, 4) is 5.75 Å². The van der Waals surface area contributed by atoms with Gasteiger partial charge in [0.15, 0.2) is 0 Å². The van der Waals surface area contributed by atoms with E-state index in [1.165, 1.54) is 7.11 Å². The molecule has 0 fully saturated rings. The Hall–Kier alpha value is -2.30. The van der Waals surface area contributed by atoms with E-state index in [2.05, 4.69) is 6.92 Å². The standard InChI is InChI=1S/C21H31NO4/c1-6-7-13-22(15-17(4)21(24)25-5)20(23)12-11-18-9-8-10-19(14-18)26-16(2)3/h8-12,14,16-17H,6-7,13,15H2,1-5H3/b12-11+. The molecule has 0 heterocycles. The molecule has 0 bridgehead atoms. The van der Waals surface area contributed by atoms with E-state index in [-0.39, 0.29) is 23.9 Å². The van der Waals surface area contributed by atoms with E-state index >= 15 is 0 Å². The minimum Gasteiger partial charge on any atom is -0.491 e. The Kier molecular flexibility index (Phi) is 9.48. The fourth-order valence-electron chi connectivity index (χ4n) is 2.48. The first-order chi connectivity index (χ1) is 12.4. The lowest BCUT2D eigenvalue weighted by Gasteiger charge is -2.23. The molecule has 1 atom stereocenters. The number of hydrogen-bond donors (Lipinski definition) is 0. The van der Waals surface area contributed by atoms with Gasteiger partial charge in [0.05, 0.1) is 19.1 Å². The molecule has 1 rings (SSSR count). The van der Waals surface area contributed by atoms with E-state index in [4.69, 9.17) is 9.47 Å². The number of rotatable bonds is 10. The second-order valence-corrected chi connectivity index (χ2v) is 6.63. The van der Waals surface area contributed by atoms with Gasteiger partial charge in [-0.25, -0.2) is 0 Å². The summed E-state index contributed by atoms with van der Waals surface area (Å²) >= 11 is 0. The van der Waals surface area contributed by atoms with Crippen LogP contribution in [0.2, 0.25) is 0 Å². The summed E-state index contributed by atoms with van der Waals surface area (Å²) in [6.45, 7) is 8.76. The summed E-state index contributed by atoms with van der Waals surface area (Å²) in [5.41, 5.74) is 0.896. The van der Waals surface area contributed by atoms with Gasteiger partial charge >= 0.3 is 5.97 Å². The molecule has 0 aliphatic heterocycles. The monoisotopic (exact) mass is 361 g/mol. The summed E-state index contributed by atoms with van der Waals surface area (Å²) in [6.07, 6.45) is 5.30. The first-order valence-corrected chi connectivity index (χ1v) is 9.18. The highest BCUT2D eigenvalue weighted by Crippen LogP contribution is 2.16. The van der Waals surface area contributed by atoms with Crippen LogP contribution in [0.15, 0.2) is 30.3 Å². The molecule has 144 valence electrons. The van der Waals surface area contributed by atoms with Gasteiger partial charge in [0.2, 0.25) is 5.91 Å². The van der Waals surface area contributed by atoms with Gasteiger partial charge in [0.25, 0.3) is 0 Å². The zero-order chi connectivity index (χ0) is 19.5. The highest BCUT2D eigenvalue weighted by molar-refractivity contribution is 5.92. The average Bonchev–Trinajstić information content (AvgIpc) is 2.61. The van der Waals surface area contributed by atoms with Crippen molar-refractivity contribution >= 4 is 18.0 Å². The zero-order valence-corrected chi connectivity index (χ0v) is 16.5. The Morgan fingerprint density at radius 2 is 1.96 bits per heavy atom. The maximum atomic E-state index is 12.6. The number of nitrogens with zero attached hydrogens (tertiary/aromatic N) is 1. The van der Waals surface area contributed by atoms with Crippen molar-refractivity contribution in [2.24, 2.45) is 5.92 Å². The maximum Gasteiger partial charge on any atom is 0.310 e. The molecule has 5 nitrogen and oxygen atoms in total. The van der Waals surface area contributed by atoms with Crippen LogP contribution in [0.3, 0.4) is 0 Å². The SMILES string of the molecule is CCCCN(CC(C)C(=O)OC)C(=O)/C=C/c1cccc(OC(C)C)c1. The summed E-state index contributed by atoms with van der Waals surface area (Å²) in [5.74, 6) is 0.0138. The Bertz CT molecular complexity index is 610.